The van der Waals surface area contributed by atoms with Crippen LogP contribution in [0.2, 0.25) is 0 Å². The fraction of sp³-hybridized carbons (Fsp3) is 0. The van der Waals surface area contributed by atoms with E-state index in [-0.39, 0.29) is 0 Å². The third-order valence-electron chi connectivity index (χ3n) is 3.04. The standard InChI is InChI=1S/C15H10N4OS/c16-10-5-6-13-12(7-10)19-15(20-13)21-14-17-8-9-3-1-2-4-11(9)18-14/h1-8H,16H2. The fourth-order valence-electron chi connectivity index (χ4n) is 2.05. The van der Waals surface area contributed by atoms with Crippen LogP contribution in [-0.2, 0) is 0 Å². The number of anilines is 1. The monoisotopic (exact) mass is 294 g/mol. The number of benzene rings is 2. The zero-order chi connectivity index (χ0) is 14.2. The second kappa shape index (κ2) is 4.75. The molecule has 2 N–H and O–H groups in total. The highest BCUT2D eigenvalue weighted by molar-refractivity contribution is 7.98. The van der Waals surface area contributed by atoms with Crippen molar-refractivity contribution in [3.8, 4) is 0 Å². The third kappa shape index (κ3) is 2.30. The highest BCUT2D eigenvalue weighted by atomic mass is 32.2. The van der Waals surface area contributed by atoms with Crippen LogP contribution in [-0.4, -0.2) is 15.0 Å². The predicted molar refractivity (Wildman–Crippen MR) is 82.1 cm³/mol. The van der Waals surface area contributed by atoms with Crippen LogP contribution < -0.4 is 5.73 Å². The number of nitrogens with zero attached hydrogens (tertiary/aromatic N) is 3. The summed E-state index contributed by atoms with van der Waals surface area (Å²) < 4.78 is 5.66. The van der Waals surface area contributed by atoms with Crippen molar-refractivity contribution in [2.75, 3.05) is 5.73 Å². The van der Waals surface area contributed by atoms with Gasteiger partial charge in [-0.2, -0.15) is 0 Å². The Morgan fingerprint density at radius 2 is 1.90 bits per heavy atom. The number of hydrogen-bond acceptors (Lipinski definition) is 6. The van der Waals surface area contributed by atoms with Gasteiger partial charge >= 0.3 is 0 Å². The fourth-order valence-corrected chi connectivity index (χ4v) is 2.73. The van der Waals surface area contributed by atoms with E-state index < -0.39 is 0 Å². The second-order valence-corrected chi connectivity index (χ2v) is 5.44. The van der Waals surface area contributed by atoms with Crippen molar-refractivity contribution in [1.82, 2.24) is 15.0 Å². The molecule has 0 saturated heterocycles. The van der Waals surface area contributed by atoms with E-state index in [2.05, 4.69) is 15.0 Å². The summed E-state index contributed by atoms with van der Waals surface area (Å²) in [4.78, 5) is 13.2. The van der Waals surface area contributed by atoms with Gasteiger partial charge in [-0.15, -0.1) is 0 Å². The molecule has 4 aromatic rings. The SMILES string of the molecule is Nc1ccc2oc(Sc3ncc4ccccc4n3)nc2c1. The smallest absolute Gasteiger partial charge is 0.264 e. The van der Waals surface area contributed by atoms with Crippen molar-refractivity contribution in [1.29, 1.82) is 0 Å². The van der Waals surface area contributed by atoms with E-state index in [0.29, 0.717) is 21.6 Å². The summed E-state index contributed by atoms with van der Waals surface area (Å²) in [6.45, 7) is 0. The van der Waals surface area contributed by atoms with Gasteiger partial charge in [-0.1, -0.05) is 18.2 Å². The number of rotatable bonds is 2. The molecule has 0 atom stereocenters. The average Bonchev–Trinajstić information content (AvgIpc) is 2.88. The van der Waals surface area contributed by atoms with E-state index in [1.54, 1.807) is 18.3 Å². The molecule has 0 aliphatic heterocycles. The molecule has 0 aliphatic carbocycles. The second-order valence-electron chi connectivity index (χ2n) is 4.52. The Kier molecular flexibility index (Phi) is 2.75. The molecular weight excluding hydrogens is 284 g/mol. The van der Waals surface area contributed by atoms with Gasteiger partial charge in [-0.05, 0) is 24.3 Å². The van der Waals surface area contributed by atoms with Gasteiger partial charge in [0.2, 0.25) is 0 Å². The Labute approximate surface area is 124 Å². The first-order valence-electron chi connectivity index (χ1n) is 6.34. The maximum Gasteiger partial charge on any atom is 0.264 e. The lowest BCUT2D eigenvalue weighted by Crippen LogP contribution is -1.87. The zero-order valence-corrected chi connectivity index (χ0v) is 11.7. The van der Waals surface area contributed by atoms with Crippen LogP contribution in [0.3, 0.4) is 0 Å². The Balaban J connectivity index is 1.71. The van der Waals surface area contributed by atoms with Crippen LogP contribution in [0.1, 0.15) is 0 Å². The average molecular weight is 294 g/mol. The molecule has 0 aliphatic rings. The molecule has 4 rings (SSSR count). The van der Waals surface area contributed by atoms with Crippen LogP contribution in [0.15, 0.2) is 63.5 Å². The van der Waals surface area contributed by atoms with Gasteiger partial charge < -0.3 is 10.2 Å². The minimum Gasteiger partial charge on any atom is -0.431 e. The van der Waals surface area contributed by atoms with Crippen LogP contribution in [0.4, 0.5) is 5.69 Å². The molecule has 2 aromatic heterocycles. The molecule has 102 valence electrons. The normalized spacial score (nSPS) is 11.2. The molecule has 0 spiro atoms. The van der Waals surface area contributed by atoms with E-state index in [0.717, 1.165) is 16.4 Å². The van der Waals surface area contributed by atoms with E-state index >= 15 is 0 Å². The highest BCUT2D eigenvalue weighted by Crippen LogP contribution is 2.29. The van der Waals surface area contributed by atoms with Crippen molar-refractivity contribution >= 4 is 39.5 Å². The first kappa shape index (κ1) is 12.2. The van der Waals surface area contributed by atoms with Crippen molar-refractivity contribution in [2.24, 2.45) is 0 Å². The molecule has 0 bridgehead atoms. The summed E-state index contributed by atoms with van der Waals surface area (Å²) in [5.74, 6) is 0. The van der Waals surface area contributed by atoms with Gasteiger partial charge in [0.05, 0.1) is 5.52 Å². The summed E-state index contributed by atoms with van der Waals surface area (Å²) in [7, 11) is 0. The van der Waals surface area contributed by atoms with E-state index in [1.165, 1.54) is 11.8 Å². The molecule has 6 heteroatoms. The van der Waals surface area contributed by atoms with Crippen molar-refractivity contribution in [3.05, 3.63) is 48.7 Å². The Morgan fingerprint density at radius 1 is 1.00 bits per heavy atom. The molecule has 5 nitrogen and oxygen atoms in total. The van der Waals surface area contributed by atoms with Gasteiger partial charge in [0.1, 0.15) is 5.52 Å². The molecule has 2 aromatic carbocycles. The maximum atomic E-state index is 5.73. The summed E-state index contributed by atoms with van der Waals surface area (Å²) in [6, 6.07) is 13.2. The number of aromatic nitrogens is 3. The molecule has 0 saturated carbocycles. The zero-order valence-electron chi connectivity index (χ0n) is 10.9. The first-order chi connectivity index (χ1) is 10.3. The third-order valence-corrected chi connectivity index (χ3v) is 3.77. The Bertz CT molecular complexity index is 951. The molecule has 2 heterocycles. The number of oxazole rings is 1. The van der Waals surface area contributed by atoms with E-state index in [9.17, 15) is 0 Å². The number of nitrogen functional groups attached to an aromatic ring is 1. The van der Waals surface area contributed by atoms with Crippen molar-refractivity contribution < 1.29 is 4.42 Å². The predicted octanol–water partition coefficient (Wildman–Crippen LogP) is 3.50. The topological polar surface area (TPSA) is 77.8 Å². The van der Waals surface area contributed by atoms with Gasteiger partial charge in [0, 0.05) is 29.0 Å². The number of hydrogen-bond donors (Lipinski definition) is 1. The van der Waals surface area contributed by atoms with Crippen molar-refractivity contribution in [3.63, 3.8) is 0 Å². The van der Waals surface area contributed by atoms with Gasteiger partial charge in [-0.3, -0.25) is 0 Å². The summed E-state index contributed by atoms with van der Waals surface area (Å²) >= 11 is 1.29. The number of para-hydroxylation sites is 1. The molecule has 0 unspecified atom stereocenters. The van der Waals surface area contributed by atoms with Crippen molar-refractivity contribution in [2.45, 2.75) is 10.4 Å². The number of fused-ring (bicyclic) bond motifs is 2. The minimum atomic E-state index is 0.505. The van der Waals surface area contributed by atoms with Crippen LogP contribution in [0, 0.1) is 0 Å². The number of nitrogens with two attached hydrogens (primary N) is 1. The summed E-state index contributed by atoms with van der Waals surface area (Å²) in [5.41, 5.74) is 8.73. The largest absolute Gasteiger partial charge is 0.431 e. The van der Waals surface area contributed by atoms with Crippen LogP contribution in [0.25, 0.3) is 22.0 Å². The highest BCUT2D eigenvalue weighted by Gasteiger charge is 2.10. The lowest BCUT2D eigenvalue weighted by atomic mass is 10.2. The van der Waals surface area contributed by atoms with Gasteiger partial charge in [0.25, 0.3) is 5.22 Å². The Morgan fingerprint density at radius 3 is 2.86 bits per heavy atom. The molecule has 0 radical (unpaired) electrons. The minimum absolute atomic E-state index is 0.505. The molecule has 0 fully saturated rings. The molecule has 0 amide bonds. The van der Waals surface area contributed by atoms with Gasteiger partial charge in [-0.25, -0.2) is 15.0 Å². The maximum absolute atomic E-state index is 5.73. The van der Waals surface area contributed by atoms with Crippen LogP contribution in [0.5, 0.6) is 0 Å². The van der Waals surface area contributed by atoms with E-state index in [4.69, 9.17) is 10.2 Å². The Hall–Kier alpha value is -2.60. The van der Waals surface area contributed by atoms with Crippen LogP contribution >= 0.6 is 11.8 Å². The van der Waals surface area contributed by atoms with E-state index in [1.807, 2.05) is 30.3 Å². The summed E-state index contributed by atoms with van der Waals surface area (Å²) in [6.07, 6.45) is 1.80. The lowest BCUT2D eigenvalue weighted by molar-refractivity contribution is 0.489. The molecule has 21 heavy (non-hydrogen) atoms. The van der Waals surface area contributed by atoms with Gasteiger partial charge in [0.15, 0.2) is 10.7 Å². The molecular formula is C15H10N4OS. The quantitative estimate of drug-likeness (QED) is 0.450. The summed E-state index contributed by atoms with van der Waals surface area (Å²) in [5, 5.41) is 2.12. The first-order valence-corrected chi connectivity index (χ1v) is 7.15. The lowest BCUT2D eigenvalue weighted by Gasteiger charge is -1.98.